The van der Waals surface area contributed by atoms with Crippen molar-refractivity contribution < 1.29 is 29.4 Å². The molecule has 0 spiro atoms. The van der Waals surface area contributed by atoms with Gasteiger partial charge in [-0.3, -0.25) is 23.9 Å². The summed E-state index contributed by atoms with van der Waals surface area (Å²) in [6, 6.07) is -1.86. The molecule has 9 nitrogen and oxygen atoms in total. The predicted molar refractivity (Wildman–Crippen MR) is 83.7 cm³/mol. The van der Waals surface area contributed by atoms with E-state index in [0.29, 0.717) is 0 Å². The second-order valence-electron chi connectivity index (χ2n) is 4.17. The van der Waals surface area contributed by atoms with Crippen molar-refractivity contribution >= 4 is 48.3 Å². The van der Waals surface area contributed by atoms with Gasteiger partial charge in [-0.05, 0) is 12.7 Å². The van der Waals surface area contributed by atoms with Crippen LogP contribution in [0.1, 0.15) is 12.8 Å². The summed E-state index contributed by atoms with van der Waals surface area (Å²) in [5.74, 6) is -3.47. The second kappa shape index (κ2) is 11.2. The van der Waals surface area contributed by atoms with Crippen molar-refractivity contribution in [3.63, 3.8) is 0 Å². The fourth-order valence-electron chi connectivity index (χ4n) is 1.40. The number of carboxylic acid groups (broad SMARTS) is 2. The third-order valence-corrected chi connectivity index (χ3v) is 3.35. The molecule has 0 saturated heterocycles. The summed E-state index contributed by atoms with van der Waals surface area (Å²) in [6.07, 6.45) is 1.62. The number of hydrogen-bond acceptors (Lipinski definition) is 7. The molecule has 0 radical (unpaired) electrons. The van der Waals surface area contributed by atoms with Gasteiger partial charge < -0.3 is 20.8 Å². The molecule has 0 saturated carbocycles. The van der Waals surface area contributed by atoms with Gasteiger partial charge in [0.1, 0.15) is 18.6 Å². The molecule has 0 aliphatic carbocycles. The highest BCUT2D eigenvalue weighted by atomic mass is 32.2. The van der Waals surface area contributed by atoms with Crippen LogP contribution < -0.4 is 15.4 Å². The number of hydrogen-bond donors (Lipinski definition) is 6. The largest absolute Gasteiger partial charge is 0.480 e. The van der Waals surface area contributed by atoms with E-state index in [-0.39, 0.29) is 18.6 Å². The summed E-state index contributed by atoms with van der Waals surface area (Å²) in [5.41, 5.74) is 0. The zero-order chi connectivity index (χ0) is 17.1. The average Bonchev–Trinajstić information content (AvgIpc) is 2.46. The van der Waals surface area contributed by atoms with Gasteiger partial charge in [-0.15, -0.1) is 0 Å². The van der Waals surface area contributed by atoms with Crippen LogP contribution in [0.2, 0.25) is 0 Å². The van der Waals surface area contributed by atoms with Crippen molar-refractivity contribution in [2.24, 2.45) is 0 Å². The molecule has 0 aliphatic rings. The van der Waals surface area contributed by atoms with Gasteiger partial charge in [0, 0.05) is 12.2 Å². The summed E-state index contributed by atoms with van der Waals surface area (Å²) in [6.45, 7) is -0.558. The van der Waals surface area contributed by atoms with E-state index in [1.807, 2.05) is 0 Å². The minimum Gasteiger partial charge on any atom is -0.480 e. The van der Waals surface area contributed by atoms with Crippen molar-refractivity contribution in [3.05, 3.63) is 0 Å². The van der Waals surface area contributed by atoms with Gasteiger partial charge in [-0.2, -0.15) is 12.6 Å². The fourth-order valence-corrected chi connectivity index (χ4v) is 2.16. The maximum absolute atomic E-state index is 11.7. The SMILES string of the molecule is CSN[C@@H](CCC(=O)N[C@@H](CS)C(=O)NCC(=O)O)C(=O)O. The highest BCUT2D eigenvalue weighted by molar-refractivity contribution is 7.96. The Bertz CT molecular complexity index is 421. The Kier molecular flexibility index (Phi) is 10.4. The maximum Gasteiger partial charge on any atom is 0.322 e. The second-order valence-corrected chi connectivity index (χ2v) is 5.17. The number of carboxylic acids is 2. The zero-order valence-electron chi connectivity index (χ0n) is 11.9. The van der Waals surface area contributed by atoms with Gasteiger partial charge in [-0.25, -0.2) is 0 Å². The van der Waals surface area contributed by atoms with Gasteiger partial charge in [0.25, 0.3) is 0 Å². The van der Waals surface area contributed by atoms with Crippen molar-refractivity contribution in [2.75, 3.05) is 18.6 Å². The lowest BCUT2D eigenvalue weighted by molar-refractivity contribution is -0.139. The highest BCUT2D eigenvalue weighted by Crippen LogP contribution is 2.02. The molecule has 0 fully saturated rings. The molecular formula is C11H19N3O6S2. The van der Waals surface area contributed by atoms with E-state index in [1.54, 1.807) is 6.26 Å². The van der Waals surface area contributed by atoms with E-state index in [2.05, 4.69) is 28.0 Å². The molecule has 2 atom stereocenters. The first-order valence-corrected chi connectivity index (χ1v) is 8.08. The quantitative estimate of drug-likeness (QED) is 0.199. The topological polar surface area (TPSA) is 145 Å². The molecule has 0 aromatic carbocycles. The van der Waals surface area contributed by atoms with Gasteiger partial charge in [0.15, 0.2) is 0 Å². The molecule has 22 heavy (non-hydrogen) atoms. The van der Waals surface area contributed by atoms with Crippen LogP contribution in [0.4, 0.5) is 0 Å². The van der Waals surface area contributed by atoms with Crippen LogP contribution >= 0.6 is 24.6 Å². The first-order valence-electron chi connectivity index (χ1n) is 6.22. The van der Waals surface area contributed by atoms with Crippen molar-refractivity contribution in [3.8, 4) is 0 Å². The minimum atomic E-state index is -1.20. The molecule has 0 aromatic rings. The standard InChI is InChI=1S/C11H19N3O6S2/c1-22-14-6(11(19)20)2-3-8(15)13-7(5-21)10(18)12-4-9(16)17/h6-7,14,21H,2-5H2,1H3,(H,12,18)(H,13,15)(H,16,17)(H,19,20)/t6-,7-/m0/s1. The number of thiol groups is 1. The minimum absolute atomic E-state index is 0.0113. The number of aliphatic carboxylic acids is 2. The molecule has 0 rings (SSSR count). The van der Waals surface area contributed by atoms with Gasteiger partial charge in [-0.1, -0.05) is 11.9 Å². The number of nitrogens with one attached hydrogen (secondary N) is 3. The Morgan fingerprint density at radius 2 is 1.82 bits per heavy atom. The smallest absolute Gasteiger partial charge is 0.322 e. The van der Waals surface area contributed by atoms with Crippen LogP contribution in [0, 0.1) is 0 Å². The Balaban J connectivity index is 4.33. The van der Waals surface area contributed by atoms with Crippen LogP contribution in [0.5, 0.6) is 0 Å². The molecule has 0 aliphatic heterocycles. The van der Waals surface area contributed by atoms with E-state index in [9.17, 15) is 19.2 Å². The van der Waals surface area contributed by atoms with E-state index in [4.69, 9.17) is 10.2 Å². The molecule has 0 unspecified atom stereocenters. The number of carbonyl (C=O) groups is 4. The normalized spacial score (nSPS) is 13.0. The van der Waals surface area contributed by atoms with Gasteiger partial charge >= 0.3 is 11.9 Å². The molecule has 5 N–H and O–H groups in total. The zero-order valence-corrected chi connectivity index (χ0v) is 13.6. The Hall–Kier alpha value is -1.46. The molecular weight excluding hydrogens is 334 g/mol. The molecule has 0 heterocycles. The Morgan fingerprint density at radius 1 is 1.18 bits per heavy atom. The van der Waals surface area contributed by atoms with Crippen molar-refractivity contribution in [2.45, 2.75) is 24.9 Å². The number of amides is 2. The number of rotatable bonds is 11. The van der Waals surface area contributed by atoms with E-state index in [1.165, 1.54) is 0 Å². The average molecular weight is 353 g/mol. The summed E-state index contributed by atoms with van der Waals surface area (Å²) < 4.78 is 2.64. The van der Waals surface area contributed by atoms with Crippen molar-refractivity contribution in [1.82, 2.24) is 15.4 Å². The Morgan fingerprint density at radius 3 is 2.27 bits per heavy atom. The van der Waals surface area contributed by atoms with Gasteiger partial charge in [0.2, 0.25) is 11.8 Å². The third-order valence-electron chi connectivity index (χ3n) is 2.47. The third kappa shape index (κ3) is 8.74. The van der Waals surface area contributed by atoms with Crippen LogP contribution in [0.3, 0.4) is 0 Å². The molecule has 0 aromatic heterocycles. The monoisotopic (exact) mass is 353 g/mol. The van der Waals surface area contributed by atoms with E-state index in [0.717, 1.165) is 11.9 Å². The molecule has 11 heteroatoms. The molecule has 0 bridgehead atoms. The van der Waals surface area contributed by atoms with E-state index >= 15 is 0 Å². The molecule has 126 valence electrons. The molecule has 2 amide bonds. The summed E-state index contributed by atoms with van der Waals surface area (Å²) in [4.78, 5) is 44.6. The fraction of sp³-hybridized carbons (Fsp3) is 0.636. The lowest BCUT2D eigenvalue weighted by Crippen LogP contribution is -2.49. The van der Waals surface area contributed by atoms with Crippen molar-refractivity contribution in [1.29, 1.82) is 0 Å². The first-order chi connectivity index (χ1) is 10.3. The predicted octanol–water partition coefficient (Wildman–Crippen LogP) is -1.30. The van der Waals surface area contributed by atoms with E-state index < -0.39 is 42.4 Å². The van der Waals surface area contributed by atoms with Crippen LogP contribution in [0.15, 0.2) is 0 Å². The number of carbonyl (C=O) groups excluding carboxylic acids is 2. The maximum atomic E-state index is 11.7. The lowest BCUT2D eigenvalue weighted by atomic mass is 10.1. The van der Waals surface area contributed by atoms with Crippen LogP contribution in [0.25, 0.3) is 0 Å². The first kappa shape index (κ1) is 20.5. The van der Waals surface area contributed by atoms with Crippen LogP contribution in [-0.4, -0.2) is 64.6 Å². The Labute approximate surface area is 137 Å². The van der Waals surface area contributed by atoms with Gasteiger partial charge in [0.05, 0.1) is 0 Å². The lowest BCUT2D eigenvalue weighted by Gasteiger charge is -2.17. The summed E-state index contributed by atoms with van der Waals surface area (Å²) in [5, 5.41) is 21.9. The summed E-state index contributed by atoms with van der Waals surface area (Å²) >= 11 is 5.04. The highest BCUT2D eigenvalue weighted by Gasteiger charge is 2.22. The summed E-state index contributed by atoms with van der Waals surface area (Å²) in [7, 11) is 0. The van der Waals surface area contributed by atoms with Crippen LogP contribution in [-0.2, 0) is 19.2 Å².